The zero-order chi connectivity index (χ0) is 13.4. The highest BCUT2D eigenvalue weighted by molar-refractivity contribution is 6.05. The Bertz CT molecular complexity index is 742. The molecule has 0 spiro atoms. The van der Waals surface area contributed by atoms with Crippen LogP contribution in [0.15, 0.2) is 41.2 Å². The first kappa shape index (κ1) is 11.5. The summed E-state index contributed by atoms with van der Waals surface area (Å²) in [6.45, 7) is 1.77. The Hall–Kier alpha value is -2.62. The maximum atomic E-state index is 11.8. The first-order chi connectivity index (χ1) is 9.15. The molecule has 19 heavy (non-hydrogen) atoms. The summed E-state index contributed by atoms with van der Waals surface area (Å²) in [6, 6.07) is 11.2. The second-order valence-corrected chi connectivity index (χ2v) is 4.38. The van der Waals surface area contributed by atoms with E-state index in [-0.39, 0.29) is 5.56 Å². The predicted molar refractivity (Wildman–Crippen MR) is 71.5 cm³/mol. The maximum Gasteiger partial charge on any atom is 0.349 e. The Morgan fingerprint density at radius 1 is 1.16 bits per heavy atom. The fraction of sp³-hybridized carbons (Fsp3) is 0.0667. The lowest BCUT2D eigenvalue weighted by atomic mass is 10.1. The van der Waals surface area contributed by atoms with E-state index in [9.17, 15) is 9.59 Å². The number of hydrogen-bond acceptors (Lipinski definition) is 3. The highest BCUT2D eigenvalue weighted by atomic mass is 16.5. The summed E-state index contributed by atoms with van der Waals surface area (Å²) in [5.41, 5.74) is 1.83. The third kappa shape index (κ3) is 1.97. The van der Waals surface area contributed by atoms with E-state index in [0.29, 0.717) is 17.0 Å². The summed E-state index contributed by atoms with van der Waals surface area (Å²) < 4.78 is 5.17. The van der Waals surface area contributed by atoms with E-state index in [4.69, 9.17) is 4.74 Å². The lowest BCUT2D eigenvalue weighted by Gasteiger charge is -2.00. The van der Waals surface area contributed by atoms with Crippen molar-refractivity contribution in [1.29, 1.82) is 0 Å². The van der Waals surface area contributed by atoms with Crippen LogP contribution in [0.2, 0.25) is 0 Å². The van der Waals surface area contributed by atoms with Crippen molar-refractivity contribution >= 4 is 17.8 Å². The number of aryl methyl sites for hydroxylation is 1. The number of aromatic nitrogens is 1. The summed E-state index contributed by atoms with van der Waals surface area (Å²) in [6.07, 6.45) is 1.75. The minimum atomic E-state index is -0.599. The van der Waals surface area contributed by atoms with Crippen LogP contribution in [0.1, 0.15) is 27.2 Å². The molecule has 94 valence electrons. The van der Waals surface area contributed by atoms with Crippen molar-refractivity contribution in [3.05, 3.63) is 69.1 Å². The molecule has 1 aromatic carbocycles. The number of pyridine rings is 1. The zero-order valence-corrected chi connectivity index (χ0v) is 10.3. The van der Waals surface area contributed by atoms with Gasteiger partial charge in [-0.15, -0.1) is 0 Å². The summed E-state index contributed by atoms with van der Waals surface area (Å²) in [7, 11) is 0. The van der Waals surface area contributed by atoms with Crippen LogP contribution in [-0.4, -0.2) is 11.0 Å². The molecule has 4 nitrogen and oxygen atoms in total. The monoisotopic (exact) mass is 253 g/mol. The minimum absolute atomic E-state index is 0.0766. The molecular formula is C15H11NO3. The Kier molecular flexibility index (Phi) is 2.56. The molecule has 0 unspecified atom stereocenters. The Morgan fingerprint density at radius 3 is 2.63 bits per heavy atom. The van der Waals surface area contributed by atoms with Gasteiger partial charge >= 0.3 is 5.97 Å². The minimum Gasteiger partial charge on any atom is -0.422 e. The smallest absolute Gasteiger partial charge is 0.349 e. The number of carbonyl (C=O) groups excluding carboxylic acids is 1. The lowest BCUT2D eigenvalue weighted by Crippen LogP contribution is -2.16. The van der Waals surface area contributed by atoms with Gasteiger partial charge in [-0.3, -0.25) is 4.79 Å². The maximum absolute atomic E-state index is 11.8. The standard InChI is InChI=1S/C15H11NO3/c1-9-7-11-12(8-10-5-3-2-4-6-10)19-15(18)13(11)14(17)16-9/h2-8H,1H3,(H,16,17)/b12-8+. The Morgan fingerprint density at radius 2 is 1.89 bits per heavy atom. The zero-order valence-electron chi connectivity index (χ0n) is 10.3. The predicted octanol–water partition coefficient (Wildman–Crippen LogP) is 2.35. The van der Waals surface area contributed by atoms with E-state index in [1.807, 2.05) is 30.3 Å². The van der Waals surface area contributed by atoms with Crippen LogP contribution < -0.4 is 5.56 Å². The third-order valence-corrected chi connectivity index (χ3v) is 2.94. The van der Waals surface area contributed by atoms with E-state index in [1.165, 1.54) is 0 Å². The van der Waals surface area contributed by atoms with Crippen LogP contribution in [0.5, 0.6) is 0 Å². The molecule has 0 saturated heterocycles. The van der Waals surface area contributed by atoms with Crippen LogP contribution in [0, 0.1) is 6.92 Å². The highest BCUT2D eigenvalue weighted by Crippen LogP contribution is 2.29. The van der Waals surface area contributed by atoms with E-state index >= 15 is 0 Å². The molecule has 2 heterocycles. The summed E-state index contributed by atoms with van der Waals surface area (Å²) in [5.74, 6) is -0.182. The highest BCUT2D eigenvalue weighted by Gasteiger charge is 2.29. The molecule has 1 aromatic heterocycles. The first-order valence-electron chi connectivity index (χ1n) is 5.88. The van der Waals surface area contributed by atoms with Crippen molar-refractivity contribution in [2.24, 2.45) is 0 Å². The number of aromatic amines is 1. The normalized spacial score (nSPS) is 15.4. The van der Waals surface area contributed by atoms with Crippen molar-refractivity contribution < 1.29 is 9.53 Å². The number of H-pyrrole nitrogens is 1. The fourth-order valence-electron chi connectivity index (χ4n) is 2.10. The molecule has 3 rings (SSSR count). The number of cyclic esters (lactones) is 1. The number of nitrogens with one attached hydrogen (secondary N) is 1. The molecule has 0 atom stereocenters. The quantitative estimate of drug-likeness (QED) is 0.793. The lowest BCUT2D eigenvalue weighted by molar-refractivity contribution is 0.0715. The summed E-state index contributed by atoms with van der Waals surface area (Å²) in [4.78, 5) is 26.1. The number of benzene rings is 1. The van der Waals surface area contributed by atoms with E-state index in [2.05, 4.69) is 4.98 Å². The molecule has 4 heteroatoms. The van der Waals surface area contributed by atoms with Gasteiger partial charge in [0, 0.05) is 11.3 Å². The van der Waals surface area contributed by atoms with E-state index < -0.39 is 11.5 Å². The van der Waals surface area contributed by atoms with Gasteiger partial charge in [0.05, 0.1) is 0 Å². The number of esters is 1. The molecule has 1 N–H and O–H groups in total. The Balaban J connectivity index is 2.18. The van der Waals surface area contributed by atoms with Crippen LogP contribution >= 0.6 is 0 Å². The molecule has 0 bridgehead atoms. The van der Waals surface area contributed by atoms with Gasteiger partial charge in [0.25, 0.3) is 5.56 Å². The van der Waals surface area contributed by atoms with E-state index in [0.717, 1.165) is 5.56 Å². The number of rotatable bonds is 1. The fourth-order valence-corrected chi connectivity index (χ4v) is 2.10. The van der Waals surface area contributed by atoms with Gasteiger partial charge in [-0.2, -0.15) is 0 Å². The number of hydrogen-bond donors (Lipinski definition) is 1. The van der Waals surface area contributed by atoms with Crippen LogP contribution in [0.3, 0.4) is 0 Å². The third-order valence-electron chi connectivity index (χ3n) is 2.94. The van der Waals surface area contributed by atoms with Crippen molar-refractivity contribution in [3.63, 3.8) is 0 Å². The van der Waals surface area contributed by atoms with Gasteiger partial charge in [-0.1, -0.05) is 30.3 Å². The van der Waals surface area contributed by atoms with Gasteiger partial charge in [0.1, 0.15) is 11.3 Å². The topological polar surface area (TPSA) is 59.2 Å². The van der Waals surface area contributed by atoms with Crippen molar-refractivity contribution in [1.82, 2.24) is 4.98 Å². The number of fused-ring (bicyclic) bond motifs is 1. The molecule has 2 aromatic rings. The first-order valence-corrected chi connectivity index (χ1v) is 5.88. The second kappa shape index (κ2) is 4.24. The van der Waals surface area contributed by atoms with Crippen LogP contribution in [0.4, 0.5) is 0 Å². The average Bonchev–Trinajstić information content (AvgIpc) is 2.67. The van der Waals surface area contributed by atoms with Gasteiger partial charge in [0.15, 0.2) is 0 Å². The molecule has 0 saturated carbocycles. The van der Waals surface area contributed by atoms with Gasteiger partial charge < -0.3 is 9.72 Å². The largest absolute Gasteiger partial charge is 0.422 e. The summed E-state index contributed by atoms with van der Waals surface area (Å²) >= 11 is 0. The van der Waals surface area contributed by atoms with Crippen molar-refractivity contribution in [3.8, 4) is 0 Å². The van der Waals surface area contributed by atoms with Gasteiger partial charge in [-0.05, 0) is 24.6 Å². The molecule has 0 fully saturated rings. The van der Waals surface area contributed by atoms with E-state index in [1.54, 1.807) is 19.1 Å². The van der Waals surface area contributed by atoms with Gasteiger partial charge in [0.2, 0.25) is 0 Å². The van der Waals surface area contributed by atoms with Crippen molar-refractivity contribution in [2.45, 2.75) is 6.92 Å². The molecule has 0 aliphatic carbocycles. The number of ether oxygens (including phenoxy) is 1. The Labute approximate surface area is 109 Å². The molecular weight excluding hydrogens is 242 g/mol. The second-order valence-electron chi connectivity index (χ2n) is 4.38. The average molecular weight is 253 g/mol. The van der Waals surface area contributed by atoms with Gasteiger partial charge in [-0.25, -0.2) is 4.79 Å². The molecule has 1 aliphatic heterocycles. The van der Waals surface area contributed by atoms with Crippen LogP contribution in [0.25, 0.3) is 11.8 Å². The summed E-state index contributed by atoms with van der Waals surface area (Å²) in [5, 5.41) is 0. The number of carbonyl (C=O) groups is 1. The SMILES string of the molecule is Cc1cc2c(c(=O)[nH]1)C(=O)O/C2=C/c1ccccc1. The van der Waals surface area contributed by atoms with Crippen LogP contribution in [-0.2, 0) is 4.74 Å². The molecule has 1 aliphatic rings. The van der Waals surface area contributed by atoms with Crippen molar-refractivity contribution in [2.75, 3.05) is 0 Å². The molecule has 0 amide bonds. The molecule has 0 radical (unpaired) electrons.